The van der Waals surface area contributed by atoms with Crippen LogP contribution in [0.4, 0.5) is 13.2 Å². The maximum Gasteiger partial charge on any atom is 0.401 e. The Labute approximate surface area is 94.0 Å². The highest BCUT2D eigenvalue weighted by molar-refractivity contribution is 4.98. The third kappa shape index (κ3) is 3.35. The summed E-state index contributed by atoms with van der Waals surface area (Å²) in [6.45, 7) is 0.433. The topological polar surface area (TPSA) is 29.3 Å². The largest absolute Gasteiger partial charge is 0.401 e. The summed E-state index contributed by atoms with van der Waals surface area (Å²) in [6, 6.07) is 0.178. The number of rotatable bonds is 6. The van der Waals surface area contributed by atoms with Crippen LogP contribution in [0, 0.1) is 5.41 Å². The summed E-state index contributed by atoms with van der Waals surface area (Å²) in [7, 11) is 0. The Kier molecular flexibility index (Phi) is 3.18. The van der Waals surface area contributed by atoms with Crippen LogP contribution in [-0.4, -0.2) is 36.8 Å². The van der Waals surface area contributed by atoms with Crippen molar-refractivity contribution in [3.63, 3.8) is 0 Å². The first kappa shape index (κ1) is 12.2. The van der Waals surface area contributed by atoms with Crippen molar-refractivity contribution in [1.29, 1.82) is 0 Å². The normalized spacial score (nSPS) is 23.8. The number of nitrogens with zero attached hydrogens (tertiary/aromatic N) is 1. The van der Waals surface area contributed by atoms with Gasteiger partial charge in [-0.3, -0.25) is 4.90 Å². The number of hydrogen-bond acceptors (Lipinski definition) is 2. The van der Waals surface area contributed by atoms with Gasteiger partial charge in [0.15, 0.2) is 0 Å². The van der Waals surface area contributed by atoms with Crippen LogP contribution in [0.2, 0.25) is 0 Å². The standard InChI is InChI=1S/C11H19F3N2/c12-11(13,14)8-16(9-1-2-9)7-10(3-4-10)5-6-15/h9H,1-8,15H2. The van der Waals surface area contributed by atoms with E-state index in [2.05, 4.69) is 0 Å². The maximum atomic E-state index is 12.4. The molecule has 0 aromatic carbocycles. The summed E-state index contributed by atoms with van der Waals surface area (Å²) < 4.78 is 37.2. The van der Waals surface area contributed by atoms with Crippen molar-refractivity contribution in [3.05, 3.63) is 0 Å². The molecule has 2 aliphatic rings. The first-order valence-electron chi connectivity index (χ1n) is 5.95. The van der Waals surface area contributed by atoms with Gasteiger partial charge in [-0.2, -0.15) is 13.2 Å². The van der Waals surface area contributed by atoms with Gasteiger partial charge >= 0.3 is 6.18 Å². The van der Waals surface area contributed by atoms with Crippen molar-refractivity contribution in [2.45, 2.75) is 44.3 Å². The molecule has 0 amide bonds. The molecule has 16 heavy (non-hydrogen) atoms. The lowest BCUT2D eigenvalue weighted by molar-refractivity contribution is -0.149. The van der Waals surface area contributed by atoms with Crippen LogP contribution in [0.5, 0.6) is 0 Å². The van der Waals surface area contributed by atoms with E-state index in [4.69, 9.17) is 5.73 Å². The molecule has 0 unspecified atom stereocenters. The van der Waals surface area contributed by atoms with Gasteiger partial charge in [0.1, 0.15) is 0 Å². The SMILES string of the molecule is NCCC1(CN(CC(F)(F)F)C2CC2)CC1. The highest BCUT2D eigenvalue weighted by atomic mass is 19.4. The summed E-state index contributed by atoms with van der Waals surface area (Å²) in [5.74, 6) is 0. The number of nitrogens with two attached hydrogens (primary N) is 1. The molecule has 0 saturated heterocycles. The van der Waals surface area contributed by atoms with E-state index in [1.165, 1.54) is 0 Å². The van der Waals surface area contributed by atoms with Crippen molar-refractivity contribution in [3.8, 4) is 0 Å². The summed E-state index contributed by atoms with van der Waals surface area (Å²) in [5, 5.41) is 0. The van der Waals surface area contributed by atoms with Crippen LogP contribution in [-0.2, 0) is 0 Å². The average Bonchev–Trinajstić information content (AvgIpc) is 2.94. The van der Waals surface area contributed by atoms with Crippen molar-refractivity contribution in [2.75, 3.05) is 19.6 Å². The molecule has 2 saturated carbocycles. The summed E-state index contributed by atoms with van der Waals surface area (Å²) in [5.41, 5.74) is 5.62. The minimum atomic E-state index is -4.07. The number of halogens is 3. The predicted octanol–water partition coefficient (Wildman–Crippen LogP) is 2.14. The Balaban J connectivity index is 1.88. The summed E-state index contributed by atoms with van der Waals surface area (Å²) in [6.07, 6.45) is 0.746. The molecule has 0 aromatic rings. The van der Waals surface area contributed by atoms with Crippen LogP contribution in [0.3, 0.4) is 0 Å². The van der Waals surface area contributed by atoms with Gasteiger partial charge in [0.2, 0.25) is 0 Å². The maximum absolute atomic E-state index is 12.4. The molecule has 0 radical (unpaired) electrons. The van der Waals surface area contributed by atoms with Gasteiger partial charge in [-0.25, -0.2) is 0 Å². The van der Waals surface area contributed by atoms with Crippen LogP contribution < -0.4 is 5.73 Å². The van der Waals surface area contributed by atoms with Crippen molar-refractivity contribution in [2.24, 2.45) is 11.1 Å². The molecular weight excluding hydrogens is 217 g/mol. The van der Waals surface area contributed by atoms with Crippen molar-refractivity contribution >= 4 is 0 Å². The second-order valence-electron chi connectivity index (χ2n) is 5.29. The molecule has 2 rings (SSSR count). The Bertz CT molecular complexity index is 244. The molecule has 0 spiro atoms. The fourth-order valence-electron chi connectivity index (χ4n) is 2.39. The molecule has 94 valence electrons. The van der Waals surface area contributed by atoms with Crippen LogP contribution in [0.25, 0.3) is 0 Å². The average molecular weight is 236 g/mol. The molecule has 5 heteroatoms. The molecule has 0 bridgehead atoms. The van der Waals surface area contributed by atoms with Gasteiger partial charge < -0.3 is 5.73 Å². The van der Waals surface area contributed by atoms with Crippen LogP contribution >= 0.6 is 0 Å². The summed E-state index contributed by atoms with van der Waals surface area (Å²) in [4.78, 5) is 1.63. The third-order valence-corrected chi connectivity index (χ3v) is 3.62. The van der Waals surface area contributed by atoms with E-state index in [0.29, 0.717) is 13.1 Å². The number of hydrogen-bond donors (Lipinski definition) is 1. The van der Waals surface area contributed by atoms with E-state index in [1.807, 2.05) is 0 Å². The van der Waals surface area contributed by atoms with Crippen LogP contribution in [0.15, 0.2) is 0 Å². The first-order chi connectivity index (χ1) is 7.44. The molecule has 2 N–H and O–H groups in total. The van der Waals surface area contributed by atoms with E-state index in [0.717, 1.165) is 32.1 Å². The highest BCUT2D eigenvalue weighted by Crippen LogP contribution is 2.50. The molecule has 2 aliphatic carbocycles. The Morgan fingerprint density at radius 1 is 1.25 bits per heavy atom. The molecule has 0 atom stereocenters. The van der Waals surface area contributed by atoms with Gasteiger partial charge in [-0.05, 0) is 44.1 Å². The fourth-order valence-corrected chi connectivity index (χ4v) is 2.39. The second-order valence-corrected chi connectivity index (χ2v) is 5.29. The Morgan fingerprint density at radius 2 is 1.88 bits per heavy atom. The van der Waals surface area contributed by atoms with E-state index in [9.17, 15) is 13.2 Å². The zero-order chi connectivity index (χ0) is 11.8. The Hall–Kier alpha value is -0.290. The lowest BCUT2D eigenvalue weighted by atomic mass is 10.0. The van der Waals surface area contributed by atoms with E-state index < -0.39 is 12.7 Å². The monoisotopic (exact) mass is 236 g/mol. The zero-order valence-electron chi connectivity index (χ0n) is 9.39. The molecule has 2 nitrogen and oxygen atoms in total. The minimum Gasteiger partial charge on any atom is -0.330 e. The second kappa shape index (κ2) is 4.18. The number of alkyl halides is 3. The first-order valence-corrected chi connectivity index (χ1v) is 5.95. The molecule has 0 aromatic heterocycles. The van der Waals surface area contributed by atoms with Crippen LogP contribution in [0.1, 0.15) is 32.1 Å². The van der Waals surface area contributed by atoms with Gasteiger partial charge in [-0.15, -0.1) is 0 Å². The van der Waals surface area contributed by atoms with E-state index in [-0.39, 0.29) is 11.5 Å². The van der Waals surface area contributed by atoms with Crippen molar-refractivity contribution in [1.82, 2.24) is 4.90 Å². The summed E-state index contributed by atoms with van der Waals surface area (Å²) >= 11 is 0. The molecule has 0 aliphatic heterocycles. The van der Waals surface area contributed by atoms with Gasteiger partial charge in [0.05, 0.1) is 6.54 Å². The molecular formula is C11H19F3N2. The van der Waals surface area contributed by atoms with E-state index in [1.54, 1.807) is 4.90 Å². The van der Waals surface area contributed by atoms with Gasteiger partial charge in [-0.1, -0.05) is 0 Å². The highest BCUT2D eigenvalue weighted by Gasteiger charge is 2.47. The predicted molar refractivity (Wildman–Crippen MR) is 56.0 cm³/mol. The fraction of sp³-hybridized carbons (Fsp3) is 1.00. The molecule has 2 fully saturated rings. The minimum absolute atomic E-state index is 0.114. The van der Waals surface area contributed by atoms with Gasteiger partial charge in [0, 0.05) is 12.6 Å². The zero-order valence-corrected chi connectivity index (χ0v) is 9.39. The smallest absolute Gasteiger partial charge is 0.330 e. The third-order valence-electron chi connectivity index (χ3n) is 3.62. The van der Waals surface area contributed by atoms with E-state index >= 15 is 0 Å². The van der Waals surface area contributed by atoms with Gasteiger partial charge in [0.25, 0.3) is 0 Å². The lowest BCUT2D eigenvalue weighted by Gasteiger charge is -2.28. The molecule has 0 heterocycles. The Morgan fingerprint density at radius 3 is 2.25 bits per heavy atom. The van der Waals surface area contributed by atoms with Crippen molar-refractivity contribution < 1.29 is 13.2 Å². The quantitative estimate of drug-likeness (QED) is 0.765. The lowest BCUT2D eigenvalue weighted by Crippen LogP contribution is -2.40.